The maximum atomic E-state index is 12.1. The third-order valence-corrected chi connectivity index (χ3v) is 5.00. The molecule has 0 bridgehead atoms. The first-order chi connectivity index (χ1) is 7.81. The molecule has 0 amide bonds. The van der Waals surface area contributed by atoms with E-state index in [1.54, 1.807) is 0 Å². The van der Waals surface area contributed by atoms with Crippen molar-refractivity contribution in [2.24, 2.45) is 11.8 Å². The van der Waals surface area contributed by atoms with Gasteiger partial charge in [0.05, 0.1) is 5.92 Å². The Balaban J connectivity index is 1.95. The van der Waals surface area contributed by atoms with Gasteiger partial charge in [-0.25, -0.2) is 0 Å². The topological polar surface area (TPSA) is 26.3 Å². The minimum absolute atomic E-state index is 0.103. The van der Waals surface area contributed by atoms with Gasteiger partial charge in [0.2, 0.25) is 0 Å². The molecule has 0 unspecified atom stereocenters. The molecule has 0 aromatic heterocycles. The number of hydrogen-bond acceptors (Lipinski definition) is 2. The molecule has 16 heavy (non-hydrogen) atoms. The quantitative estimate of drug-likeness (QED) is 0.437. The summed E-state index contributed by atoms with van der Waals surface area (Å²) in [5, 5.41) is 0. The van der Waals surface area contributed by atoms with Crippen LogP contribution in [0.1, 0.15) is 51.4 Å². The molecule has 92 valence electrons. The summed E-state index contributed by atoms with van der Waals surface area (Å²) in [6.45, 7) is 0. The first-order valence-electron chi connectivity index (χ1n) is 6.57. The highest BCUT2D eigenvalue weighted by Crippen LogP contribution is 2.35. The van der Waals surface area contributed by atoms with Gasteiger partial charge in [0, 0.05) is 4.43 Å². The van der Waals surface area contributed by atoms with Gasteiger partial charge in [-0.15, -0.1) is 0 Å². The van der Waals surface area contributed by atoms with Gasteiger partial charge in [-0.1, -0.05) is 41.9 Å². The Kier molecular flexibility index (Phi) is 4.92. The summed E-state index contributed by atoms with van der Waals surface area (Å²) in [6.07, 6.45) is 9.95. The maximum Gasteiger partial charge on any atom is 0.309 e. The van der Waals surface area contributed by atoms with Crippen molar-refractivity contribution < 1.29 is 9.53 Å². The van der Waals surface area contributed by atoms with E-state index in [0.717, 1.165) is 17.3 Å². The molecule has 1 saturated heterocycles. The summed E-state index contributed by atoms with van der Waals surface area (Å²) < 4.78 is 6.53. The van der Waals surface area contributed by atoms with Gasteiger partial charge in [0.25, 0.3) is 0 Å². The zero-order valence-electron chi connectivity index (χ0n) is 9.79. The molecular weight excluding hydrogens is 315 g/mol. The van der Waals surface area contributed by atoms with Crippen molar-refractivity contribution in [3.05, 3.63) is 0 Å². The second-order valence-electron chi connectivity index (χ2n) is 5.15. The normalized spacial score (nSPS) is 33.2. The molecule has 1 aliphatic heterocycles. The maximum absolute atomic E-state index is 12.1. The lowest BCUT2D eigenvalue weighted by Crippen LogP contribution is -2.28. The van der Waals surface area contributed by atoms with Crippen LogP contribution in [0.25, 0.3) is 0 Å². The Bertz CT molecular complexity index is 236. The van der Waals surface area contributed by atoms with E-state index in [2.05, 4.69) is 22.6 Å². The van der Waals surface area contributed by atoms with E-state index in [1.807, 2.05) is 0 Å². The van der Waals surface area contributed by atoms with Crippen LogP contribution in [-0.2, 0) is 9.53 Å². The number of esters is 1. The van der Waals surface area contributed by atoms with E-state index < -0.39 is 0 Å². The second-order valence-corrected chi connectivity index (χ2v) is 6.03. The summed E-state index contributed by atoms with van der Waals surface area (Å²) in [7, 11) is 0. The van der Waals surface area contributed by atoms with Crippen LogP contribution < -0.4 is 0 Å². The molecule has 0 spiro atoms. The van der Waals surface area contributed by atoms with Crippen molar-refractivity contribution >= 4 is 28.6 Å². The molecule has 1 aliphatic carbocycles. The molecule has 2 fully saturated rings. The highest BCUT2D eigenvalue weighted by atomic mass is 127. The molecule has 2 aliphatic rings. The molecule has 2 nitrogen and oxygen atoms in total. The average molecular weight is 336 g/mol. The van der Waals surface area contributed by atoms with E-state index in [9.17, 15) is 4.79 Å². The fraction of sp³-hybridized carbons (Fsp3) is 0.923. The van der Waals surface area contributed by atoms with Crippen molar-refractivity contribution in [2.45, 2.75) is 57.5 Å². The molecule has 0 radical (unpaired) electrons. The summed E-state index contributed by atoms with van der Waals surface area (Å²) in [5.74, 6) is 0.938. The monoisotopic (exact) mass is 336 g/mol. The number of hydrogen-bond donors (Lipinski definition) is 0. The molecule has 1 heterocycles. The molecule has 3 heteroatoms. The van der Waals surface area contributed by atoms with Gasteiger partial charge in [-0.05, 0) is 38.0 Å². The zero-order chi connectivity index (χ0) is 11.4. The Hall–Kier alpha value is 0.200. The van der Waals surface area contributed by atoms with Crippen molar-refractivity contribution in [1.29, 1.82) is 0 Å². The van der Waals surface area contributed by atoms with E-state index >= 15 is 0 Å². The minimum Gasteiger partial charge on any atom is -0.461 e. The van der Waals surface area contributed by atoms with Gasteiger partial charge < -0.3 is 4.74 Å². The Morgan fingerprint density at radius 1 is 1.06 bits per heavy atom. The lowest BCUT2D eigenvalue weighted by Gasteiger charge is -2.27. The van der Waals surface area contributed by atoms with Crippen LogP contribution in [0.3, 0.4) is 0 Å². The summed E-state index contributed by atoms with van der Waals surface area (Å²) >= 11 is 2.32. The van der Waals surface area contributed by atoms with Crippen LogP contribution in [0, 0.1) is 11.8 Å². The van der Waals surface area contributed by atoms with Crippen LogP contribution in [0.15, 0.2) is 0 Å². The van der Waals surface area contributed by atoms with E-state index in [0.29, 0.717) is 5.92 Å². The first-order valence-corrected chi connectivity index (χ1v) is 8.10. The van der Waals surface area contributed by atoms with E-state index in [-0.39, 0.29) is 18.0 Å². The van der Waals surface area contributed by atoms with Crippen LogP contribution in [-0.4, -0.2) is 16.5 Å². The standard InChI is InChI=1S/C13H21IO2/c14-9-11-7-4-8-12(13(15)16-11)10-5-2-1-3-6-10/h10-12H,1-9H2/t11-,12+/m1/s1. The van der Waals surface area contributed by atoms with Gasteiger partial charge in [-0.2, -0.15) is 0 Å². The largest absolute Gasteiger partial charge is 0.461 e. The second kappa shape index (κ2) is 6.22. The van der Waals surface area contributed by atoms with Crippen LogP contribution in [0.2, 0.25) is 0 Å². The average Bonchev–Trinajstić information content (AvgIpc) is 2.52. The molecule has 2 rings (SSSR count). The fourth-order valence-electron chi connectivity index (χ4n) is 3.07. The highest BCUT2D eigenvalue weighted by molar-refractivity contribution is 14.1. The Morgan fingerprint density at radius 3 is 2.50 bits per heavy atom. The third-order valence-electron chi connectivity index (χ3n) is 4.02. The van der Waals surface area contributed by atoms with Gasteiger partial charge in [0.1, 0.15) is 6.10 Å². The van der Waals surface area contributed by atoms with Crippen LogP contribution >= 0.6 is 22.6 Å². The number of carbonyl (C=O) groups is 1. The Labute approximate surface area is 112 Å². The third kappa shape index (κ3) is 3.11. The molecule has 0 aromatic carbocycles. The van der Waals surface area contributed by atoms with E-state index in [1.165, 1.54) is 38.5 Å². The number of ether oxygens (including phenoxy) is 1. The number of rotatable bonds is 2. The fourth-order valence-corrected chi connectivity index (χ4v) is 3.69. The zero-order valence-corrected chi connectivity index (χ0v) is 11.9. The number of carbonyl (C=O) groups excluding carboxylic acids is 1. The lowest BCUT2D eigenvalue weighted by molar-refractivity contribution is -0.153. The summed E-state index contributed by atoms with van der Waals surface area (Å²) in [4.78, 5) is 12.1. The molecule has 2 atom stereocenters. The molecule has 0 N–H and O–H groups in total. The van der Waals surface area contributed by atoms with Gasteiger partial charge in [0.15, 0.2) is 0 Å². The number of alkyl halides is 1. The van der Waals surface area contributed by atoms with E-state index in [4.69, 9.17) is 4.74 Å². The smallest absolute Gasteiger partial charge is 0.309 e. The summed E-state index contributed by atoms with van der Waals surface area (Å²) in [6, 6.07) is 0. The number of cyclic esters (lactones) is 1. The predicted octanol–water partition coefficient (Wildman–Crippen LogP) is 3.71. The van der Waals surface area contributed by atoms with Crippen molar-refractivity contribution in [3.63, 3.8) is 0 Å². The summed E-state index contributed by atoms with van der Waals surface area (Å²) in [5.41, 5.74) is 0. The van der Waals surface area contributed by atoms with Crippen molar-refractivity contribution in [2.75, 3.05) is 4.43 Å². The Morgan fingerprint density at radius 2 is 1.81 bits per heavy atom. The van der Waals surface area contributed by atoms with Crippen LogP contribution in [0.4, 0.5) is 0 Å². The molecule has 1 saturated carbocycles. The van der Waals surface area contributed by atoms with Crippen molar-refractivity contribution in [3.8, 4) is 0 Å². The SMILES string of the molecule is O=C1O[C@@H](CI)CCC[C@H]1C1CCCCC1. The first kappa shape index (κ1) is 12.7. The minimum atomic E-state index is 0.103. The molecular formula is C13H21IO2. The van der Waals surface area contributed by atoms with Crippen LogP contribution in [0.5, 0.6) is 0 Å². The predicted molar refractivity (Wildman–Crippen MR) is 72.7 cm³/mol. The number of halogens is 1. The lowest BCUT2D eigenvalue weighted by atomic mass is 9.78. The van der Waals surface area contributed by atoms with Crippen molar-refractivity contribution in [1.82, 2.24) is 0 Å². The molecule has 0 aromatic rings. The van der Waals surface area contributed by atoms with Gasteiger partial charge in [-0.3, -0.25) is 4.79 Å². The highest BCUT2D eigenvalue weighted by Gasteiger charge is 2.33. The van der Waals surface area contributed by atoms with Gasteiger partial charge >= 0.3 is 5.97 Å².